The van der Waals surface area contributed by atoms with Crippen LogP contribution in [0.1, 0.15) is 5.56 Å². The Morgan fingerprint density at radius 2 is 1.81 bits per heavy atom. The average molecular weight is 374 g/mol. The van der Waals surface area contributed by atoms with E-state index in [0.717, 1.165) is 33.2 Å². The van der Waals surface area contributed by atoms with Crippen LogP contribution in [-0.4, -0.2) is 26.3 Å². The number of anilines is 1. The van der Waals surface area contributed by atoms with Crippen molar-refractivity contribution in [2.45, 2.75) is 11.9 Å². The summed E-state index contributed by atoms with van der Waals surface area (Å²) in [5.41, 5.74) is 4.59. The van der Waals surface area contributed by atoms with E-state index in [9.17, 15) is 4.79 Å². The first kappa shape index (κ1) is 17.3. The first-order chi connectivity index (χ1) is 13.2. The number of amides is 1. The molecule has 5 nitrogen and oxygen atoms in total. The van der Waals surface area contributed by atoms with Gasteiger partial charge in [0, 0.05) is 11.3 Å². The summed E-state index contributed by atoms with van der Waals surface area (Å²) >= 11 is 1.40. The molecule has 0 saturated heterocycles. The Bertz CT molecular complexity index is 1090. The molecule has 0 saturated carbocycles. The molecule has 1 amide bonds. The summed E-state index contributed by atoms with van der Waals surface area (Å²) in [4.78, 5) is 16.8. The zero-order valence-electron chi connectivity index (χ0n) is 14.8. The molecule has 2 aromatic heterocycles. The van der Waals surface area contributed by atoms with Gasteiger partial charge in [0.1, 0.15) is 5.03 Å². The number of aryl methyl sites for hydroxylation is 1. The lowest BCUT2D eigenvalue weighted by atomic mass is 10.2. The molecule has 1 N–H and O–H groups in total. The molecule has 4 rings (SSSR count). The number of imidazole rings is 1. The van der Waals surface area contributed by atoms with Crippen LogP contribution >= 0.6 is 11.8 Å². The summed E-state index contributed by atoms with van der Waals surface area (Å²) in [5.74, 6) is 0.249. The molecule has 2 heterocycles. The van der Waals surface area contributed by atoms with E-state index >= 15 is 0 Å². The minimum Gasteiger partial charge on any atom is -0.325 e. The Morgan fingerprint density at radius 1 is 1.04 bits per heavy atom. The van der Waals surface area contributed by atoms with Crippen LogP contribution in [0.4, 0.5) is 5.69 Å². The van der Waals surface area contributed by atoms with Crippen molar-refractivity contribution in [3.05, 3.63) is 78.5 Å². The highest BCUT2D eigenvalue weighted by atomic mass is 32.2. The van der Waals surface area contributed by atoms with Gasteiger partial charge in [-0.25, -0.2) is 9.50 Å². The number of benzene rings is 2. The quantitative estimate of drug-likeness (QED) is 0.525. The van der Waals surface area contributed by atoms with Gasteiger partial charge in [-0.15, -0.1) is 0 Å². The van der Waals surface area contributed by atoms with Gasteiger partial charge in [0.2, 0.25) is 5.91 Å². The van der Waals surface area contributed by atoms with Crippen LogP contribution in [0.5, 0.6) is 0 Å². The van der Waals surface area contributed by atoms with Crippen molar-refractivity contribution in [3.63, 3.8) is 0 Å². The lowest BCUT2D eigenvalue weighted by Crippen LogP contribution is -2.14. The van der Waals surface area contributed by atoms with Gasteiger partial charge >= 0.3 is 0 Å². The monoisotopic (exact) mass is 374 g/mol. The van der Waals surface area contributed by atoms with Crippen molar-refractivity contribution in [1.29, 1.82) is 0 Å². The molecule has 0 radical (unpaired) electrons. The van der Waals surface area contributed by atoms with Crippen molar-refractivity contribution in [2.75, 3.05) is 11.1 Å². The topological polar surface area (TPSA) is 59.3 Å². The minimum atomic E-state index is -0.0493. The molecule has 0 unspecified atom stereocenters. The molecule has 4 aromatic rings. The maximum Gasteiger partial charge on any atom is 0.234 e. The second-order valence-corrected chi connectivity index (χ2v) is 7.11. The van der Waals surface area contributed by atoms with Crippen LogP contribution < -0.4 is 5.32 Å². The van der Waals surface area contributed by atoms with Gasteiger partial charge in [-0.05, 0) is 30.7 Å². The number of nitrogens with zero attached hydrogens (tertiary/aromatic N) is 3. The number of rotatable bonds is 5. The maximum atomic E-state index is 12.2. The van der Waals surface area contributed by atoms with E-state index in [-0.39, 0.29) is 5.91 Å². The zero-order chi connectivity index (χ0) is 18.6. The Morgan fingerprint density at radius 3 is 2.63 bits per heavy atom. The standard InChI is InChI=1S/C21H18N4OS/c1-15-7-5-6-10-17(15)23-20(26)14-27-21-12-11-19-22-18(13-25(19)24-21)16-8-3-2-4-9-16/h2-13H,14H2,1H3,(H,23,26). The summed E-state index contributed by atoms with van der Waals surface area (Å²) in [6, 6.07) is 21.5. The Labute approximate surface area is 161 Å². The van der Waals surface area contributed by atoms with E-state index < -0.39 is 0 Å². The van der Waals surface area contributed by atoms with E-state index in [4.69, 9.17) is 0 Å². The van der Waals surface area contributed by atoms with Gasteiger partial charge in [0.05, 0.1) is 17.6 Å². The number of fused-ring (bicyclic) bond motifs is 1. The molecule has 0 bridgehead atoms. The molecule has 27 heavy (non-hydrogen) atoms. The molecule has 6 heteroatoms. The lowest BCUT2D eigenvalue weighted by Gasteiger charge is -2.07. The lowest BCUT2D eigenvalue weighted by molar-refractivity contribution is -0.113. The third kappa shape index (κ3) is 4.01. The summed E-state index contributed by atoms with van der Waals surface area (Å²) in [7, 11) is 0. The average Bonchev–Trinajstić information content (AvgIpc) is 3.12. The highest BCUT2D eigenvalue weighted by Gasteiger charge is 2.09. The number of nitrogens with one attached hydrogen (secondary N) is 1. The Balaban J connectivity index is 1.45. The van der Waals surface area contributed by atoms with Gasteiger partial charge in [-0.1, -0.05) is 60.3 Å². The smallest absolute Gasteiger partial charge is 0.234 e. The number of carbonyl (C=O) groups excluding carboxylic acids is 1. The van der Waals surface area contributed by atoms with Crippen molar-refractivity contribution in [2.24, 2.45) is 0 Å². The van der Waals surface area contributed by atoms with Gasteiger partial charge in [-0.3, -0.25) is 4.79 Å². The van der Waals surface area contributed by atoms with Crippen LogP contribution in [0.3, 0.4) is 0 Å². The van der Waals surface area contributed by atoms with E-state index in [1.807, 2.05) is 79.9 Å². The summed E-state index contributed by atoms with van der Waals surface area (Å²) in [6.07, 6.45) is 1.90. The number of thioether (sulfide) groups is 1. The van der Waals surface area contributed by atoms with E-state index in [0.29, 0.717) is 5.75 Å². The zero-order valence-corrected chi connectivity index (χ0v) is 15.6. The van der Waals surface area contributed by atoms with Crippen molar-refractivity contribution in [3.8, 4) is 11.3 Å². The third-order valence-corrected chi connectivity index (χ3v) is 5.06. The Kier molecular flexibility index (Phi) is 4.89. The highest BCUT2D eigenvalue weighted by molar-refractivity contribution is 7.99. The number of carbonyl (C=O) groups is 1. The molecule has 134 valence electrons. The molecule has 2 aromatic carbocycles. The van der Waals surface area contributed by atoms with E-state index in [1.54, 1.807) is 4.52 Å². The predicted octanol–water partition coefficient (Wildman–Crippen LogP) is 4.44. The second kappa shape index (κ2) is 7.63. The molecule has 0 aliphatic rings. The number of para-hydroxylation sites is 1. The van der Waals surface area contributed by atoms with Crippen LogP contribution in [-0.2, 0) is 4.79 Å². The van der Waals surface area contributed by atoms with Crippen LogP contribution in [0, 0.1) is 6.92 Å². The van der Waals surface area contributed by atoms with E-state index in [1.165, 1.54) is 11.8 Å². The van der Waals surface area contributed by atoms with Crippen LogP contribution in [0.2, 0.25) is 0 Å². The van der Waals surface area contributed by atoms with Crippen LogP contribution in [0.15, 0.2) is 78.0 Å². The van der Waals surface area contributed by atoms with Gasteiger partial charge in [0.15, 0.2) is 5.65 Å². The molecule has 0 aliphatic carbocycles. The Hall–Kier alpha value is -3.12. The first-order valence-corrected chi connectivity index (χ1v) is 9.58. The van der Waals surface area contributed by atoms with Gasteiger partial charge < -0.3 is 5.32 Å². The SMILES string of the molecule is Cc1ccccc1NC(=O)CSc1ccc2nc(-c3ccccc3)cn2n1. The summed E-state index contributed by atoms with van der Waals surface area (Å²) in [6.45, 7) is 1.97. The van der Waals surface area contributed by atoms with Gasteiger partial charge in [-0.2, -0.15) is 5.10 Å². The summed E-state index contributed by atoms with van der Waals surface area (Å²) in [5, 5.41) is 8.27. The summed E-state index contributed by atoms with van der Waals surface area (Å²) < 4.78 is 1.75. The fraction of sp³-hybridized carbons (Fsp3) is 0.0952. The third-order valence-electron chi connectivity index (χ3n) is 4.14. The fourth-order valence-corrected chi connectivity index (χ4v) is 3.39. The second-order valence-electron chi connectivity index (χ2n) is 6.12. The van der Waals surface area contributed by atoms with Gasteiger partial charge in [0.25, 0.3) is 0 Å². The molecule has 0 aliphatic heterocycles. The molecular formula is C21H18N4OS. The molecule has 0 fully saturated rings. The molecule has 0 atom stereocenters. The predicted molar refractivity (Wildman–Crippen MR) is 109 cm³/mol. The van der Waals surface area contributed by atoms with Crippen molar-refractivity contribution in [1.82, 2.24) is 14.6 Å². The largest absolute Gasteiger partial charge is 0.325 e. The normalized spacial score (nSPS) is 10.9. The number of hydrogen-bond donors (Lipinski definition) is 1. The van der Waals surface area contributed by atoms with Crippen LogP contribution in [0.25, 0.3) is 16.9 Å². The fourth-order valence-electron chi connectivity index (χ4n) is 2.73. The minimum absolute atomic E-state index is 0.0493. The molecular weight excluding hydrogens is 356 g/mol. The van der Waals surface area contributed by atoms with Crippen molar-refractivity contribution >= 4 is 29.0 Å². The first-order valence-electron chi connectivity index (χ1n) is 8.59. The maximum absolute atomic E-state index is 12.2. The number of aromatic nitrogens is 3. The van der Waals surface area contributed by atoms with Crippen molar-refractivity contribution < 1.29 is 4.79 Å². The number of hydrogen-bond acceptors (Lipinski definition) is 4. The molecule has 0 spiro atoms. The van der Waals surface area contributed by atoms with E-state index in [2.05, 4.69) is 15.4 Å². The highest BCUT2D eigenvalue weighted by Crippen LogP contribution is 2.21.